The number of carbonyl (C=O) groups excluding carboxylic acids is 1. The molecule has 0 bridgehead atoms. The quantitative estimate of drug-likeness (QED) is 0.162. The summed E-state index contributed by atoms with van der Waals surface area (Å²) in [7, 11) is 1.55. The molecule has 10 heteroatoms. The predicted octanol–water partition coefficient (Wildman–Crippen LogP) is 6.20. The zero-order valence-corrected chi connectivity index (χ0v) is 28.7. The number of allylic oxidation sites excluding steroid dienone is 1. The lowest BCUT2D eigenvalue weighted by Crippen LogP contribution is -2.40. The average Bonchev–Trinajstić information content (AvgIpc) is 3.41. The van der Waals surface area contributed by atoms with Crippen LogP contribution in [0.3, 0.4) is 0 Å². The van der Waals surface area contributed by atoms with Gasteiger partial charge in [-0.1, -0.05) is 59.9 Å². The number of hydrogen-bond donors (Lipinski definition) is 0. The van der Waals surface area contributed by atoms with Gasteiger partial charge in [0.05, 0.1) is 53.3 Å². The molecular formula is C39H35N3O6S. The molecule has 0 saturated carbocycles. The highest BCUT2D eigenvalue weighted by molar-refractivity contribution is 7.07. The SMILES string of the molecule is CCOC(=O)C1=C(C)N=c2s/c(=C/c3c(OCc4ccc(C#N)cc4)ccc4ccccc34)c(=O)n2[C@H]1c1ccc(OC(C)C)c(OC)c1. The third kappa shape index (κ3) is 6.71. The van der Waals surface area contributed by atoms with E-state index in [0.717, 1.165) is 21.9 Å². The van der Waals surface area contributed by atoms with Gasteiger partial charge in [0.15, 0.2) is 16.3 Å². The molecule has 4 aromatic carbocycles. The van der Waals surface area contributed by atoms with Crippen LogP contribution in [0, 0.1) is 11.3 Å². The predicted molar refractivity (Wildman–Crippen MR) is 189 cm³/mol. The maximum Gasteiger partial charge on any atom is 0.338 e. The molecule has 1 atom stereocenters. The van der Waals surface area contributed by atoms with Crippen LogP contribution < -0.4 is 29.1 Å². The van der Waals surface area contributed by atoms with Crippen LogP contribution in [0.2, 0.25) is 0 Å². The van der Waals surface area contributed by atoms with Crippen molar-refractivity contribution in [3.8, 4) is 23.3 Å². The summed E-state index contributed by atoms with van der Waals surface area (Å²) in [5.74, 6) is 1.08. The number of aromatic nitrogens is 1. The van der Waals surface area contributed by atoms with Gasteiger partial charge in [-0.2, -0.15) is 5.26 Å². The van der Waals surface area contributed by atoms with Crippen molar-refractivity contribution in [2.75, 3.05) is 13.7 Å². The number of benzene rings is 4. The van der Waals surface area contributed by atoms with Gasteiger partial charge in [-0.25, -0.2) is 9.79 Å². The minimum Gasteiger partial charge on any atom is -0.493 e. The molecule has 0 N–H and O–H groups in total. The van der Waals surface area contributed by atoms with Crippen LogP contribution in [0.15, 0.2) is 99.9 Å². The summed E-state index contributed by atoms with van der Waals surface area (Å²) >= 11 is 1.24. The molecule has 0 aliphatic carbocycles. The molecule has 0 saturated heterocycles. The molecular weight excluding hydrogens is 639 g/mol. The van der Waals surface area contributed by atoms with Crippen molar-refractivity contribution in [1.29, 1.82) is 5.26 Å². The van der Waals surface area contributed by atoms with Crippen molar-refractivity contribution < 1.29 is 23.7 Å². The van der Waals surface area contributed by atoms with E-state index in [0.29, 0.717) is 43.4 Å². The molecule has 1 aromatic heterocycles. The molecule has 0 amide bonds. The van der Waals surface area contributed by atoms with Crippen molar-refractivity contribution in [2.24, 2.45) is 4.99 Å². The van der Waals surface area contributed by atoms with E-state index in [1.165, 1.54) is 11.3 Å². The van der Waals surface area contributed by atoms with Gasteiger partial charge in [-0.05, 0) is 86.0 Å². The molecule has 6 rings (SSSR count). The van der Waals surface area contributed by atoms with Crippen LogP contribution in [0.1, 0.15) is 56.0 Å². The van der Waals surface area contributed by atoms with E-state index in [1.807, 2.05) is 74.5 Å². The standard InChI is InChI=1S/C39H35N3O6S/c1-6-46-38(44)35-24(4)41-39-42(36(35)28-16-18-32(48-23(2)3)33(19-28)45-5)37(43)34(49-39)20-30-29-10-8-7-9-27(29)15-17-31(30)47-22-26-13-11-25(21-40)12-14-26/h7-20,23,36H,6,22H2,1-5H3/b34-20+/t36-/m0/s1. The van der Waals surface area contributed by atoms with Gasteiger partial charge in [0.1, 0.15) is 12.4 Å². The molecule has 1 aliphatic rings. The van der Waals surface area contributed by atoms with Crippen LogP contribution in [0.25, 0.3) is 16.8 Å². The first-order valence-electron chi connectivity index (χ1n) is 15.9. The summed E-state index contributed by atoms with van der Waals surface area (Å²) in [5, 5.41) is 11.1. The van der Waals surface area contributed by atoms with Gasteiger partial charge in [0, 0.05) is 5.56 Å². The normalized spacial score (nSPS) is 14.3. The fourth-order valence-corrected chi connectivity index (χ4v) is 6.86. The van der Waals surface area contributed by atoms with E-state index in [-0.39, 0.29) is 30.5 Å². The highest BCUT2D eigenvalue weighted by Crippen LogP contribution is 2.37. The number of carbonyl (C=O) groups is 1. The van der Waals surface area contributed by atoms with Crippen molar-refractivity contribution in [3.05, 3.63) is 132 Å². The Hall–Kier alpha value is -5.66. The number of esters is 1. The smallest absolute Gasteiger partial charge is 0.338 e. The summed E-state index contributed by atoms with van der Waals surface area (Å²) in [6, 6.07) is 25.7. The monoisotopic (exact) mass is 673 g/mol. The molecule has 2 heterocycles. The lowest BCUT2D eigenvalue weighted by molar-refractivity contribution is -0.139. The third-order valence-electron chi connectivity index (χ3n) is 8.07. The number of ether oxygens (including phenoxy) is 4. The van der Waals surface area contributed by atoms with Gasteiger partial charge in [0.2, 0.25) is 0 Å². The second-order valence-corrected chi connectivity index (χ2v) is 12.7. The number of hydrogen-bond acceptors (Lipinski definition) is 9. The van der Waals surface area contributed by atoms with Gasteiger partial charge in [0.25, 0.3) is 5.56 Å². The van der Waals surface area contributed by atoms with E-state index in [9.17, 15) is 9.59 Å². The summed E-state index contributed by atoms with van der Waals surface area (Å²) in [4.78, 5) is 33.1. The Morgan fingerprint density at radius 3 is 2.51 bits per heavy atom. The number of nitriles is 1. The summed E-state index contributed by atoms with van der Waals surface area (Å²) in [6.07, 6.45) is 1.75. The fourth-order valence-electron chi connectivity index (χ4n) is 5.83. The Balaban J connectivity index is 1.51. The molecule has 49 heavy (non-hydrogen) atoms. The maximum atomic E-state index is 14.5. The van der Waals surface area contributed by atoms with E-state index >= 15 is 0 Å². The van der Waals surface area contributed by atoms with E-state index in [4.69, 9.17) is 29.2 Å². The van der Waals surface area contributed by atoms with Gasteiger partial charge in [-0.3, -0.25) is 9.36 Å². The third-order valence-corrected chi connectivity index (χ3v) is 9.05. The molecule has 0 radical (unpaired) electrons. The van der Waals surface area contributed by atoms with Crippen molar-refractivity contribution >= 4 is 34.2 Å². The summed E-state index contributed by atoms with van der Waals surface area (Å²) < 4.78 is 25.4. The Morgan fingerprint density at radius 2 is 1.80 bits per heavy atom. The highest BCUT2D eigenvalue weighted by atomic mass is 32.1. The summed E-state index contributed by atoms with van der Waals surface area (Å²) in [6.45, 7) is 7.79. The topological polar surface area (TPSA) is 112 Å². The molecule has 0 spiro atoms. The number of nitrogens with zero attached hydrogens (tertiary/aromatic N) is 3. The Kier molecular flexibility index (Phi) is 9.65. The van der Waals surface area contributed by atoms with Crippen LogP contribution >= 0.6 is 11.3 Å². The first-order valence-corrected chi connectivity index (χ1v) is 16.7. The molecule has 0 unspecified atom stereocenters. The van der Waals surface area contributed by atoms with E-state index < -0.39 is 12.0 Å². The van der Waals surface area contributed by atoms with Gasteiger partial charge in [-0.15, -0.1) is 0 Å². The average molecular weight is 674 g/mol. The molecule has 5 aromatic rings. The number of methoxy groups -OCH3 is 1. The lowest BCUT2D eigenvalue weighted by Gasteiger charge is -2.25. The van der Waals surface area contributed by atoms with Crippen molar-refractivity contribution in [1.82, 2.24) is 4.57 Å². The van der Waals surface area contributed by atoms with Crippen LogP contribution in [-0.2, 0) is 16.1 Å². The Morgan fingerprint density at radius 1 is 1.04 bits per heavy atom. The van der Waals surface area contributed by atoms with Crippen LogP contribution in [0.4, 0.5) is 0 Å². The van der Waals surface area contributed by atoms with Crippen LogP contribution in [-0.4, -0.2) is 30.4 Å². The second kappa shape index (κ2) is 14.2. The number of rotatable bonds is 10. The first kappa shape index (κ1) is 33.2. The minimum absolute atomic E-state index is 0.0818. The van der Waals surface area contributed by atoms with E-state index in [1.54, 1.807) is 49.8 Å². The maximum absolute atomic E-state index is 14.5. The number of thiazole rings is 1. The minimum atomic E-state index is -0.820. The fraction of sp³-hybridized carbons (Fsp3) is 0.231. The first-order chi connectivity index (χ1) is 23.7. The molecule has 248 valence electrons. The van der Waals surface area contributed by atoms with Gasteiger partial charge >= 0.3 is 5.97 Å². The lowest BCUT2D eigenvalue weighted by atomic mass is 9.95. The van der Waals surface area contributed by atoms with Crippen molar-refractivity contribution in [2.45, 2.75) is 46.4 Å². The Labute approximate surface area is 287 Å². The molecule has 1 aliphatic heterocycles. The van der Waals surface area contributed by atoms with Crippen molar-refractivity contribution in [3.63, 3.8) is 0 Å². The highest BCUT2D eigenvalue weighted by Gasteiger charge is 2.34. The largest absolute Gasteiger partial charge is 0.493 e. The second-order valence-electron chi connectivity index (χ2n) is 11.7. The van der Waals surface area contributed by atoms with Gasteiger partial charge < -0.3 is 18.9 Å². The zero-order chi connectivity index (χ0) is 34.7. The molecule has 9 nitrogen and oxygen atoms in total. The summed E-state index contributed by atoms with van der Waals surface area (Å²) in [5.41, 5.74) is 3.30. The molecule has 0 fully saturated rings. The zero-order valence-electron chi connectivity index (χ0n) is 27.9. The Bertz CT molecular complexity index is 2310. The number of fused-ring (bicyclic) bond motifs is 2. The van der Waals surface area contributed by atoms with Crippen LogP contribution in [0.5, 0.6) is 17.2 Å². The van der Waals surface area contributed by atoms with E-state index in [2.05, 4.69) is 6.07 Å².